The van der Waals surface area contributed by atoms with Gasteiger partial charge >= 0.3 is 5.97 Å². The van der Waals surface area contributed by atoms with Crippen LogP contribution in [0, 0.1) is 0 Å². The van der Waals surface area contributed by atoms with Crippen LogP contribution in [-0.4, -0.2) is 54.0 Å². The van der Waals surface area contributed by atoms with Crippen molar-refractivity contribution >= 4 is 27.5 Å². The van der Waals surface area contributed by atoms with E-state index in [1.165, 1.54) is 6.92 Å². The molecule has 0 heterocycles. The number of unbranched alkanes of at least 4 members (excludes halogenated alkanes) is 2. The number of nitrogens with one attached hydrogen (secondary N) is 1. The fourth-order valence-electron chi connectivity index (χ4n) is 3.16. The van der Waals surface area contributed by atoms with Gasteiger partial charge in [0.25, 0.3) is 0 Å². The van der Waals surface area contributed by atoms with Gasteiger partial charge in [0.2, 0.25) is 10.0 Å². The molecule has 0 aliphatic rings. The number of anilines is 1. The fourth-order valence-corrected chi connectivity index (χ4v) is 3.86. The summed E-state index contributed by atoms with van der Waals surface area (Å²) in [6.07, 6.45) is 3.58. The van der Waals surface area contributed by atoms with Crippen LogP contribution in [0.3, 0.4) is 0 Å². The van der Waals surface area contributed by atoms with Gasteiger partial charge in [-0.2, -0.15) is 0 Å². The maximum Gasteiger partial charge on any atom is 0.338 e. The summed E-state index contributed by atoms with van der Waals surface area (Å²) < 4.78 is 36.2. The van der Waals surface area contributed by atoms with Crippen LogP contribution in [-0.2, 0) is 19.6 Å². The maximum absolute atomic E-state index is 12.6. The van der Waals surface area contributed by atoms with Crippen molar-refractivity contribution in [3.05, 3.63) is 48.0 Å². The normalized spacial score (nSPS) is 10.7. The SMILES string of the molecule is CCCCN(CCCC)c1cc(C(=O)OCC(C)=O)cc(S(N)(=O)=O)c1Oc1ccccc1.CNC. The summed E-state index contributed by atoms with van der Waals surface area (Å²) in [6.45, 7) is 6.28. The number of benzene rings is 2. The molecule has 0 amide bonds. The third-order valence-electron chi connectivity index (χ3n) is 4.85. The average Bonchev–Trinajstić information content (AvgIpc) is 2.83. The Morgan fingerprint density at radius 3 is 2.03 bits per heavy atom. The van der Waals surface area contributed by atoms with Crippen LogP contribution in [0.4, 0.5) is 5.69 Å². The summed E-state index contributed by atoms with van der Waals surface area (Å²) in [4.78, 5) is 25.6. The molecule has 10 heteroatoms. The summed E-state index contributed by atoms with van der Waals surface area (Å²) in [5, 5.41) is 8.29. The Labute approximate surface area is 215 Å². The second-order valence-electron chi connectivity index (χ2n) is 8.26. The van der Waals surface area contributed by atoms with Crippen LogP contribution in [0.25, 0.3) is 0 Å². The van der Waals surface area contributed by atoms with E-state index >= 15 is 0 Å². The topological polar surface area (TPSA) is 128 Å². The minimum absolute atomic E-state index is 0.0197. The highest BCUT2D eigenvalue weighted by atomic mass is 32.2. The highest BCUT2D eigenvalue weighted by Crippen LogP contribution is 2.39. The first-order chi connectivity index (χ1) is 17.1. The Kier molecular flexibility index (Phi) is 13.7. The third kappa shape index (κ3) is 10.3. The number of nitrogens with two attached hydrogens (primary N) is 1. The van der Waals surface area contributed by atoms with E-state index < -0.39 is 22.6 Å². The van der Waals surface area contributed by atoms with Gasteiger partial charge in [0.1, 0.15) is 17.3 Å². The van der Waals surface area contributed by atoms with E-state index in [-0.39, 0.29) is 22.0 Å². The van der Waals surface area contributed by atoms with Gasteiger partial charge in [-0.1, -0.05) is 44.9 Å². The van der Waals surface area contributed by atoms with Crippen LogP contribution < -0.4 is 20.1 Å². The number of rotatable bonds is 13. The number of para-hydroxylation sites is 1. The number of carbonyl (C=O) groups is 2. The molecule has 0 radical (unpaired) electrons. The second-order valence-corrected chi connectivity index (χ2v) is 9.78. The van der Waals surface area contributed by atoms with Crippen molar-refractivity contribution in [2.45, 2.75) is 51.3 Å². The number of ketones is 1. The summed E-state index contributed by atoms with van der Waals surface area (Å²) in [6, 6.07) is 11.4. The first kappa shape index (κ1) is 31.1. The molecule has 0 saturated carbocycles. The molecule has 0 aliphatic heterocycles. The van der Waals surface area contributed by atoms with Gasteiger partial charge < -0.3 is 19.7 Å². The number of nitrogens with zero attached hydrogens (tertiary/aromatic N) is 1. The lowest BCUT2D eigenvalue weighted by Gasteiger charge is -2.28. The molecule has 36 heavy (non-hydrogen) atoms. The van der Waals surface area contributed by atoms with E-state index in [0.29, 0.717) is 24.5 Å². The van der Waals surface area contributed by atoms with Gasteiger partial charge in [0.05, 0.1) is 11.3 Å². The number of hydrogen-bond acceptors (Lipinski definition) is 8. The zero-order valence-electron chi connectivity index (χ0n) is 21.9. The number of esters is 1. The average molecular weight is 522 g/mol. The van der Waals surface area contributed by atoms with Crippen LogP contribution in [0.15, 0.2) is 47.4 Å². The Hall–Kier alpha value is -2.95. The summed E-state index contributed by atoms with van der Waals surface area (Å²) in [7, 11) is -0.514. The predicted octanol–water partition coefficient (Wildman–Crippen LogP) is 4.11. The van der Waals surface area contributed by atoms with E-state index in [2.05, 4.69) is 19.2 Å². The predicted molar refractivity (Wildman–Crippen MR) is 142 cm³/mol. The van der Waals surface area contributed by atoms with E-state index in [0.717, 1.165) is 31.7 Å². The molecule has 3 N–H and O–H groups in total. The first-order valence-corrected chi connectivity index (χ1v) is 13.6. The van der Waals surface area contributed by atoms with E-state index in [1.54, 1.807) is 30.3 Å². The first-order valence-electron chi connectivity index (χ1n) is 12.0. The second kappa shape index (κ2) is 15.9. The van der Waals surface area contributed by atoms with Gasteiger partial charge in [-0.25, -0.2) is 18.4 Å². The molecule has 200 valence electrons. The molecule has 0 unspecified atom stereocenters. The molecular formula is C26H39N3O6S. The quantitative estimate of drug-likeness (QED) is 0.377. The standard InChI is InChI=1S/C24H32N2O6S.C2H7N/c1-4-6-13-26(14-7-5-2)21-15-19(24(28)31-17-18(3)27)16-22(33(25,29)30)23(21)32-20-11-9-8-10-12-20;1-3-2/h8-12,15-16H,4-7,13-14,17H2,1-3H3,(H2,25,29,30);3H,1-2H3. The molecular weight excluding hydrogens is 482 g/mol. The minimum Gasteiger partial charge on any atom is -0.454 e. The molecule has 2 aromatic rings. The minimum atomic E-state index is -4.26. The zero-order chi connectivity index (χ0) is 27.1. The lowest BCUT2D eigenvalue weighted by molar-refractivity contribution is -0.120. The molecule has 0 fully saturated rings. The van der Waals surface area contributed by atoms with Crippen molar-refractivity contribution in [2.75, 3.05) is 38.7 Å². The van der Waals surface area contributed by atoms with Crippen LogP contribution in [0.2, 0.25) is 0 Å². The van der Waals surface area contributed by atoms with Crippen molar-refractivity contribution in [3.63, 3.8) is 0 Å². The summed E-state index contributed by atoms with van der Waals surface area (Å²) in [5.41, 5.74) is 0.413. The van der Waals surface area contributed by atoms with Crippen LogP contribution in [0.5, 0.6) is 11.5 Å². The lowest BCUT2D eigenvalue weighted by atomic mass is 10.1. The Morgan fingerprint density at radius 2 is 1.56 bits per heavy atom. The molecule has 0 bridgehead atoms. The smallest absolute Gasteiger partial charge is 0.338 e. The Bertz CT molecular complexity index is 1070. The van der Waals surface area contributed by atoms with E-state index in [4.69, 9.17) is 14.6 Å². The fraction of sp³-hybridized carbons (Fsp3) is 0.462. The van der Waals surface area contributed by atoms with Gasteiger partial charge in [0, 0.05) is 13.1 Å². The van der Waals surface area contributed by atoms with Crippen molar-refractivity contribution in [1.29, 1.82) is 0 Å². The maximum atomic E-state index is 12.6. The molecule has 0 atom stereocenters. The largest absolute Gasteiger partial charge is 0.454 e. The molecule has 2 rings (SSSR count). The van der Waals surface area contributed by atoms with Gasteiger partial charge in [-0.15, -0.1) is 0 Å². The molecule has 0 saturated heterocycles. The molecule has 2 aromatic carbocycles. The molecule has 0 aliphatic carbocycles. The lowest BCUT2D eigenvalue weighted by Crippen LogP contribution is -2.27. The summed E-state index contributed by atoms with van der Waals surface area (Å²) in [5.74, 6) is -0.652. The number of hydrogen-bond donors (Lipinski definition) is 2. The van der Waals surface area contributed by atoms with Gasteiger partial charge in [-0.05, 0) is 58.1 Å². The van der Waals surface area contributed by atoms with Crippen LogP contribution >= 0.6 is 0 Å². The third-order valence-corrected chi connectivity index (χ3v) is 5.77. The molecule has 0 aromatic heterocycles. The summed E-state index contributed by atoms with van der Waals surface area (Å²) >= 11 is 0. The van der Waals surface area contributed by atoms with Gasteiger partial charge in [-0.3, -0.25) is 4.79 Å². The Morgan fingerprint density at radius 1 is 1.00 bits per heavy atom. The van der Waals surface area contributed by atoms with Crippen molar-refractivity contribution < 1.29 is 27.5 Å². The molecule has 9 nitrogen and oxygen atoms in total. The number of primary sulfonamides is 1. The number of carbonyl (C=O) groups excluding carboxylic acids is 2. The monoisotopic (exact) mass is 521 g/mol. The van der Waals surface area contributed by atoms with Crippen molar-refractivity contribution in [2.24, 2.45) is 5.14 Å². The number of Topliss-reactive ketones (excluding diaryl/α,β-unsaturated/α-hetero) is 1. The zero-order valence-corrected chi connectivity index (χ0v) is 22.7. The van der Waals surface area contributed by atoms with Crippen molar-refractivity contribution in [3.8, 4) is 11.5 Å². The highest BCUT2D eigenvalue weighted by Gasteiger charge is 2.26. The number of ether oxygens (including phenoxy) is 2. The molecule has 0 spiro atoms. The van der Waals surface area contributed by atoms with Crippen molar-refractivity contribution in [1.82, 2.24) is 5.32 Å². The highest BCUT2D eigenvalue weighted by molar-refractivity contribution is 7.89. The van der Waals surface area contributed by atoms with Crippen LogP contribution in [0.1, 0.15) is 56.8 Å². The number of sulfonamides is 1. The van der Waals surface area contributed by atoms with Gasteiger partial charge in [0.15, 0.2) is 11.5 Å². The van der Waals surface area contributed by atoms with E-state index in [1.807, 2.05) is 25.1 Å². The Balaban J connectivity index is 0.00000205. The van der Waals surface area contributed by atoms with E-state index in [9.17, 15) is 18.0 Å².